The molecule has 0 radical (unpaired) electrons. The average Bonchev–Trinajstić information content (AvgIpc) is 2.85. The number of furan rings is 1. The van der Waals surface area contributed by atoms with Crippen molar-refractivity contribution in [3.63, 3.8) is 0 Å². The fourth-order valence-corrected chi connectivity index (χ4v) is 2.73. The van der Waals surface area contributed by atoms with E-state index in [0.717, 1.165) is 22.1 Å². The van der Waals surface area contributed by atoms with Gasteiger partial charge in [0.15, 0.2) is 0 Å². The number of nitriles is 1. The van der Waals surface area contributed by atoms with E-state index in [1.807, 2.05) is 30.3 Å². The van der Waals surface area contributed by atoms with Crippen molar-refractivity contribution in [2.24, 2.45) is 0 Å². The van der Waals surface area contributed by atoms with Gasteiger partial charge in [-0.2, -0.15) is 5.26 Å². The summed E-state index contributed by atoms with van der Waals surface area (Å²) in [6, 6.07) is 18.5. The highest BCUT2D eigenvalue weighted by molar-refractivity contribution is 5.88. The van der Waals surface area contributed by atoms with E-state index in [4.69, 9.17) is 4.42 Å². The van der Waals surface area contributed by atoms with E-state index >= 15 is 0 Å². The summed E-state index contributed by atoms with van der Waals surface area (Å²) in [6.07, 6.45) is 0. The maximum absolute atomic E-state index is 9.33. The van der Waals surface area contributed by atoms with Crippen LogP contribution < -0.4 is 0 Å². The normalized spacial score (nSPS) is 11.5. The molecule has 0 atom stereocenters. The number of fused-ring (bicyclic) bond motifs is 1. The van der Waals surface area contributed by atoms with Crippen LogP contribution in [0, 0.1) is 11.3 Å². The van der Waals surface area contributed by atoms with Crippen molar-refractivity contribution in [3.05, 3.63) is 59.9 Å². The lowest BCUT2D eigenvalue weighted by molar-refractivity contribution is 0.546. The van der Waals surface area contributed by atoms with Crippen LogP contribution in [0.5, 0.6) is 0 Å². The largest absolute Gasteiger partial charge is 0.445 e. The van der Waals surface area contributed by atoms with Gasteiger partial charge in [0, 0.05) is 10.9 Å². The second-order valence-corrected chi connectivity index (χ2v) is 6.24. The quantitative estimate of drug-likeness (QED) is 0.606. The third kappa shape index (κ3) is 2.32. The number of hydrogen-bond acceptors (Lipinski definition) is 2. The predicted molar refractivity (Wildman–Crippen MR) is 85.1 cm³/mol. The van der Waals surface area contributed by atoms with Crippen molar-refractivity contribution in [1.82, 2.24) is 0 Å². The Kier molecular flexibility index (Phi) is 3.07. The van der Waals surface area contributed by atoms with Crippen LogP contribution in [0.15, 0.2) is 52.9 Å². The Labute approximate surface area is 124 Å². The first-order valence-corrected chi connectivity index (χ1v) is 7.03. The van der Waals surface area contributed by atoms with E-state index in [9.17, 15) is 5.26 Å². The molecule has 0 bridgehead atoms. The van der Waals surface area contributed by atoms with Gasteiger partial charge in [0.05, 0.1) is 0 Å². The summed E-state index contributed by atoms with van der Waals surface area (Å²) in [5, 5.41) is 10.4. The van der Waals surface area contributed by atoms with Crippen molar-refractivity contribution in [3.8, 4) is 17.2 Å². The van der Waals surface area contributed by atoms with Crippen LogP contribution in [0.2, 0.25) is 0 Å². The van der Waals surface area contributed by atoms with Crippen LogP contribution in [-0.4, -0.2) is 0 Å². The van der Waals surface area contributed by atoms with E-state index in [1.54, 1.807) is 0 Å². The smallest absolute Gasteiger partial charge is 0.208 e. The minimum absolute atomic E-state index is 0.133. The molecule has 2 heteroatoms. The molecule has 1 heterocycles. The van der Waals surface area contributed by atoms with Crippen LogP contribution >= 0.6 is 0 Å². The Hall–Kier alpha value is -2.53. The fourth-order valence-electron chi connectivity index (χ4n) is 2.73. The van der Waals surface area contributed by atoms with E-state index in [-0.39, 0.29) is 5.41 Å². The van der Waals surface area contributed by atoms with Crippen molar-refractivity contribution in [2.75, 3.05) is 0 Å². The molecule has 0 saturated heterocycles. The molecule has 21 heavy (non-hydrogen) atoms. The van der Waals surface area contributed by atoms with Crippen LogP contribution in [0.1, 0.15) is 32.1 Å². The number of benzene rings is 2. The highest BCUT2D eigenvalue weighted by Crippen LogP contribution is 2.37. The lowest BCUT2D eigenvalue weighted by atomic mass is 9.84. The summed E-state index contributed by atoms with van der Waals surface area (Å²) in [5.41, 5.74) is 3.93. The van der Waals surface area contributed by atoms with Gasteiger partial charge >= 0.3 is 0 Å². The lowest BCUT2D eigenvalue weighted by Gasteiger charge is -2.17. The first kappa shape index (κ1) is 13.5. The second kappa shape index (κ2) is 4.79. The molecule has 0 aliphatic carbocycles. The first-order valence-electron chi connectivity index (χ1n) is 7.03. The van der Waals surface area contributed by atoms with Gasteiger partial charge in [-0.15, -0.1) is 0 Å². The van der Waals surface area contributed by atoms with Gasteiger partial charge in [-0.1, -0.05) is 57.2 Å². The molecule has 0 amide bonds. The highest BCUT2D eigenvalue weighted by Gasteiger charge is 2.25. The minimum Gasteiger partial charge on any atom is -0.445 e. The predicted octanol–water partition coefficient (Wildman–Crippen LogP) is 5.27. The van der Waals surface area contributed by atoms with Crippen LogP contribution in [-0.2, 0) is 5.41 Å². The maximum Gasteiger partial charge on any atom is 0.208 e. The van der Waals surface area contributed by atoms with Crippen molar-refractivity contribution >= 4 is 11.0 Å². The van der Waals surface area contributed by atoms with Crippen molar-refractivity contribution < 1.29 is 4.42 Å². The molecule has 0 saturated carbocycles. The molecule has 0 N–H and O–H groups in total. The zero-order valence-electron chi connectivity index (χ0n) is 12.5. The molecule has 0 fully saturated rings. The third-order valence-corrected chi connectivity index (χ3v) is 3.65. The molecule has 3 rings (SSSR count). The molecule has 0 aliphatic rings. The molecular formula is C19H17NO. The maximum atomic E-state index is 9.33. The molecule has 1 aromatic heterocycles. The van der Waals surface area contributed by atoms with Crippen LogP contribution in [0.4, 0.5) is 0 Å². The minimum atomic E-state index is -0.133. The summed E-state index contributed by atoms with van der Waals surface area (Å²) < 4.78 is 5.70. The van der Waals surface area contributed by atoms with Crippen molar-refractivity contribution in [2.45, 2.75) is 26.2 Å². The number of nitrogens with zero attached hydrogens (tertiary/aromatic N) is 1. The molecule has 2 nitrogen and oxygen atoms in total. The Morgan fingerprint density at radius 1 is 0.952 bits per heavy atom. The van der Waals surface area contributed by atoms with Gasteiger partial charge in [0.25, 0.3) is 0 Å². The number of hydrogen-bond donors (Lipinski definition) is 0. The molecule has 0 spiro atoms. The Balaban J connectivity index is 2.29. The Bertz CT molecular complexity index is 830. The van der Waals surface area contributed by atoms with E-state index in [1.165, 1.54) is 5.56 Å². The zero-order valence-corrected chi connectivity index (χ0v) is 12.5. The first-order chi connectivity index (χ1) is 10.0. The zero-order chi connectivity index (χ0) is 15.0. The van der Waals surface area contributed by atoms with Gasteiger partial charge in [-0.25, -0.2) is 0 Å². The van der Waals surface area contributed by atoms with Crippen LogP contribution in [0.25, 0.3) is 22.1 Å². The fraction of sp³-hybridized carbons (Fsp3) is 0.211. The summed E-state index contributed by atoms with van der Waals surface area (Å²) in [7, 11) is 0. The van der Waals surface area contributed by atoms with Crippen LogP contribution in [0.3, 0.4) is 0 Å². The summed E-state index contributed by atoms with van der Waals surface area (Å²) in [5.74, 6) is 0.419. The van der Waals surface area contributed by atoms with Crippen molar-refractivity contribution in [1.29, 1.82) is 5.26 Å². The molecule has 2 aromatic carbocycles. The van der Waals surface area contributed by atoms with Gasteiger partial charge in [-0.3, -0.25) is 0 Å². The Morgan fingerprint density at radius 3 is 2.29 bits per heavy atom. The molecular weight excluding hydrogens is 258 g/mol. The topological polar surface area (TPSA) is 36.9 Å². The van der Waals surface area contributed by atoms with E-state index in [0.29, 0.717) is 5.76 Å². The summed E-state index contributed by atoms with van der Waals surface area (Å²) in [4.78, 5) is 0. The second-order valence-electron chi connectivity index (χ2n) is 6.24. The van der Waals surface area contributed by atoms with Gasteiger partial charge in [0.1, 0.15) is 11.7 Å². The monoisotopic (exact) mass is 275 g/mol. The SMILES string of the molecule is CC(C)(C)c1c(C#N)oc2ccc(-c3ccccc3)cc12. The van der Waals surface area contributed by atoms with E-state index < -0.39 is 0 Å². The average molecular weight is 275 g/mol. The van der Waals surface area contributed by atoms with Gasteiger partial charge < -0.3 is 4.42 Å². The van der Waals surface area contributed by atoms with Gasteiger partial charge in [0.2, 0.25) is 5.76 Å². The molecule has 0 unspecified atom stereocenters. The lowest BCUT2D eigenvalue weighted by Crippen LogP contribution is -2.11. The molecule has 3 aromatic rings. The summed E-state index contributed by atoms with van der Waals surface area (Å²) in [6.45, 7) is 6.31. The van der Waals surface area contributed by atoms with E-state index in [2.05, 4.69) is 45.0 Å². The standard InChI is InChI=1S/C19H17NO/c1-19(2,3)18-15-11-14(13-7-5-4-6-8-13)9-10-16(15)21-17(18)12-20/h4-11H,1-3H3. The molecule has 104 valence electrons. The molecule has 0 aliphatic heterocycles. The van der Waals surface area contributed by atoms with Gasteiger partial charge in [-0.05, 0) is 28.7 Å². The summed E-state index contributed by atoms with van der Waals surface area (Å²) >= 11 is 0. The third-order valence-electron chi connectivity index (χ3n) is 3.65. The highest BCUT2D eigenvalue weighted by atomic mass is 16.3. The Morgan fingerprint density at radius 2 is 1.67 bits per heavy atom. The number of rotatable bonds is 1.